The van der Waals surface area contributed by atoms with E-state index in [4.69, 9.17) is 9.26 Å². The number of benzene rings is 1. The van der Waals surface area contributed by atoms with Crippen molar-refractivity contribution < 1.29 is 14.1 Å². The van der Waals surface area contributed by atoms with Crippen LogP contribution in [0.2, 0.25) is 0 Å². The van der Waals surface area contributed by atoms with Gasteiger partial charge in [-0.15, -0.1) is 0 Å². The molecule has 8 heteroatoms. The predicted octanol–water partition coefficient (Wildman–Crippen LogP) is 5.22. The monoisotopic (exact) mass is 523 g/mol. The van der Waals surface area contributed by atoms with Gasteiger partial charge in [-0.1, -0.05) is 41.6 Å². The first-order valence-corrected chi connectivity index (χ1v) is 13.7. The van der Waals surface area contributed by atoms with Crippen molar-refractivity contribution in [2.24, 2.45) is 5.92 Å². The van der Waals surface area contributed by atoms with E-state index in [1.807, 2.05) is 48.5 Å². The number of piperidine rings is 1. The minimum Gasteiger partial charge on any atom is -0.495 e. The van der Waals surface area contributed by atoms with E-state index in [1.54, 1.807) is 19.5 Å². The van der Waals surface area contributed by atoms with Gasteiger partial charge in [0, 0.05) is 53.7 Å². The Kier molecular flexibility index (Phi) is 7.36. The number of hydrogen-bond acceptors (Lipinski definition) is 8. The average Bonchev–Trinajstić information content (AvgIpc) is 3.64. The number of hydrogen-bond donors (Lipinski definition) is 0. The van der Waals surface area contributed by atoms with Gasteiger partial charge in [0.1, 0.15) is 5.76 Å². The highest BCUT2D eigenvalue weighted by Gasteiger charge is 2.37. The number of rotatable bonds is 9. The Hall–Kier alpha value is -4.04. The molecule has 1 fully saturated rings. The van der Waals surface area contributed by atoms with Crippen molar-refractivity contribution in [1.82, 2.24) is 24.9 Å². The average molecular weight is 524 g/mol. The summed E-state index contributed by atoms with van der Waals surface area (Å²) in [5.41, 5.74) is 3.61. The summed E-state index contributed by atoms with van der Waals surface area (Å²) >= 11 is 0. The van der Waals surface area contributed by atoms with Crippen molar-refractivity contribution in [2.75, 3.05) is 33.3 Å². The number of likely N-dealkylation sites (tertiary alicyclic amines) is 1. The number of carbonyl (C=O) groups is 1. The molecule has 6 rings (SSSR count). The van der Waals surface area contributed by atoms with Gasteiger partial charge in [-0.25, -0.2) is 0 Å². The van der Waals surface area contributed by atoms with Crippen molar-refractivity contribution in [3.8, 4) is 11.4 Å². The molecule has 1 saturated heterocycles. The largest absolute Gasteiger partial charge is 0.495 e. The molecule has 4 heterocycles. The normalized spacial score (nSPS) is 19.8. The van der Waals surface area contributed by atoms with E-state index in [0.29, 0.717) is 11.7 Å². The van der Waals surface area contributed by atoms with Crippen LogP contribution >= 0.6 is 0 Å². The molecule has 0 amide bonds. The van der Waals surface area contributed by atoms with E-state index in [0.717, 1.165) is 85.9 Å². The SMILES string of the molecule is COC1=C2C(CC=C1)C(C(=O)c1ccccc1)=CN2CCCN1CCC(c2nc(-c3ccncc3)no2)CC1. The number of carbonyl (C=O) groups excluding carboxylic acids is 1. The molecule has 1 atom stereocenters. The second kappa shape index (κ2) is 11.4. The number of ether oxygens (including phenoxy) is 1. The first-order chi connectivity index (χ1) is 19.2. The fourth-order valence-corrected chi connectivity index (χ4v) is 5.84. The van der Waals surface area contributed by atoms with Crippen LogP contribution in [0.25, 0.3) is 11.4 Å². The van der Waals surface area contributed by atoms with Gasteiger partial charge < -0.3 is 19.1 Å². The van der Waals surface area contributed by atoms with Gasteiger partial charge in [0.2, 0.25) is 11.7 Å². The Morgan fingerprint density at radius 3 is 2.64 bits per heavy atom. The molecule has 0 bridgehead atoms. The zero-order valence-electron chi connectivity index (χ0n) is 22.2. The second-order valence-corrected chi connectivity index (χ2v) is 10.3. The number of ketones is 1. The molecule has 2 aliphatic heterocycles. The minimum absolute atomic E-state index is 0.0415. The Labute approximate surface area is 228 Å². The molecule has 1 aliphatic carbocycles. The lowest BCUT2D eigenvalue weighted by Crippen LogP contribution is -2.35. The maximum Gasteiger partial charge on any atom is 0.230 e. The van der Waals surface area contributed by atoms with Crippen LogP contribution in [0.5, 0.6) is 0 Å². The maximum atomic E-state index is 13.4. The summed E-state index contributed by atoms with van der Waals surface area (Å²) in [7, 11) is 1.71. The third-order valence-electron chi connectivity index (χ3n) is 7.91. The van der Waals surface area contributed by atoms with Gasteiger partial charge in [0.05, 0.1) is 12.8 Å². The van der Waals surface area contributed by atoms with Gasteiger partial charge in [0.25, 0.3) is 0 Å². The van der Waals surface area contributed by atoms with E-state index >= 15 is 0 Å². The number of methoxy groups -OCH3 is 1. The Morgan fingerprint density at radius 1 is 1.08 bits per heavy atom. The van der Waals surface area contributed by atoms with Crippen molar-refractivity contribution in [2.45, 2.75) is 31.6 Å². The van der Waals surface area contributed by atoms with Gasteiger partial charge in [0.15, 0.2) is 5.78 Å². The first kappa shape index (κ1) is 25.2. The van der Waals surface area contributed by atoms with Crippen molar-refractivity contribution in [1.29, 1.82) is 0 Å². The second-order valence-electron chi connectivity index (χ2n) is 10.3. The van der Waals surface area contributed by atoms with Crippen molar-refractivity contribution in [3.63, 3.8) is 0 Å². The van der Waals surface area contributed by atoms with Crippen molar-refractivity contribution >= 4 is 5.78 Å². The molecular weight excluding hydrogens is 490 g/mol. The lowest BCUT2D eigenvalue weighted by Gasteiger charge is -2.31. The minimum atomic E-state index is 0.0415. The van der Waals surface area contributed by atoms with Crippen LogP contribution in [0.4, 0.5) is 0 Å². The zero-order valence-corrected chi connectivity index (χ0v) is 22.2. The summed E-state index contributed by atoms with van der Waals surface area (Å²) in [6, 6.07) is 13.3. The maximum absolute atomic E-state index is 13.4. The van der Waals surface area contributed by atoms with Crippen LogP contribution in [-0.2, 0) is 4.74 Å². The van der Waals surface area contributed by atoms with Gasteiger partial charge in [-0.05, 0) is 63.5 Å². The van der Waals surface area contributed by atoms with E-state index in [1.165, 1.54) is 0 Å². The lowest BCUT2D eigenvalue weighted by molar-refractivity contribution is 0.102. The molecule has 0 spiro atoms. The summed E-state index contributed by atoms with van der Waals surface area (Å²) in [6.45, 7) is 3.85. The van der Waals surface area contributed by atoms with E-state index in [9.17, 15) is 4.79 Å². The van der Waals surface area contributed by atoms with Crippen LogP contribution < -0.4 is 0 Å². The third-order valence-corrected chi connectivity index (χ3v) is 7.91. The molecule has 39 heavy (non-hydrogen) atoms. The Morgan fingerprint density at radius 2 is 1.87 bits per heavy atom. The predicted molar refractivity (Wildman–Crippen MR) is 147 cm³/mol. The standard InChI is InChI=1S/C31H33N5O3/c1-38-27-10-5-9-25-26(29(37)22-7-3-2-4-8-22)21-36(28(25)27)18-6-17-35-19-13-24(14-20-35)31-33-30(34-39-31)23-11-15-32-16-12-23/h2-5,7-8,10-12,15-16,21,24-25H,6,9,13-14,17-20H2,1H3. The zero-order chi connectivity index (χ0) is 26.6. The van der Waals surface area contributed by atoms with Crippen LogP contribution in [0.1, 0.15) is 47.8 Å². The molecule has 200 valence electrons. The molecule has 0 saturated carbocycles. The molecule has 1 aromatic carbocycles. The summed E-state index contributed by atoms with van der Waals surface area (Å²) in [5, 5.41) is 4.18. The van der Waals surface area contributed by atoms with Gasteiger partial charge in [-0.2, -0.15) is 4.98 Å². The molecule has 8 nitrogen and oxygen atoms in total. The van der Waals surface area contributed by atoms with Crippen molar-refractivity contribution in [3.05, 3.63) is 102 Å². The summed E-state index contributed by atoms with van der Waals surface area (Å²) in [6.07, 6.45) is 13.5. The quantitative estimate of drug-likeness (QED) is 0.353. The molecular formula is C31H33N5O3. The molecule has 2 aromatic heterocycles. The van der Waals surface area contributed by atoms with E-state index in [2.05, 4.69) is 37.2 Å². The molecule has 1 unspecified atom stereocenters. The smallest absolute Gasteiger partial charge is 0.230 e. The third kappa shape index (κ3) is 5.29. The summed E-state index contributed by atoms with van der Waals surface area (Å²) in [5.74, 6) is 2.64. The highest BCUT2D eigenvalue weighted by Crippen LogP contribution is 2.41. The highest BCUT2D eigenvalue weighted by molar-refractivity contribution is 6.09. The first-order valence-electron chi connectivity index (χ1n) is 13.7. The molecule has 0 N–H and O–H groups in total. The number of nitrogens with zero attached hydrogens (tertiary/aromatic N) is 5. The lowest BCUT2D eigenvalue weighted by atomic mass is 9.87. The van der Waals surface area contributed by atoms with E-state index in [-0.39, 0.29) is 11.7 Å². The number of pyridine rings is 1. The van der Waals surface area contributed by atoms with Crippen LogP contribution in [0.3, 0.4) is 0 Å². The Bertz CT molecular complexity index is 1390. The fourth-order valence-electron chi connectivity index (χ4n) is 5.84. The number of allylic oxidation sites excluding steroid dienone is 3. The van der Waals surface area contributed by atoms with Crippen LogP contribution in [0, 0.1) is 5.92 Å². The number of aromatic nitrogens is 3. The van der Waals surface area contributed by atoms with Crippen LogP contribution in [-0.4, -0.2) is 64.0 Å². The topological polar surface area (TPSA) is 84.6 Å². The van der Waals surface area contributed by atoms with E-state index < -0.39 is 0 Å². The Balaban J connectivity index is 1.06. The number of Topliss-reactive ketones (excluding diaryl/α,β-unsaturated/α-hetero) is 1. The number of fused-ring (bicyclic) bond motifs is 1. The molecule has 3 aliphatic rings. The molecule has 3 aromatic rings. The van der Waals surface area contributed by atoms with Gasteiger partial charge in [-0.3, -0.25) is 9.78 Å². The summed E-state index contributed by atoms with van der Waals surface area (Å²) < 4.78 is 11.3. The highest BCUT2D eigenvalue weighted by atomic mass is 16.5. The van der Waals surface area contributed by atoms with Gasteiger partial charge >= 0.3 is 0 Å². The fraction of sp³-hybridized carbons (Fsp3) is 0.355. The summed E-state index contributed by atoms with van der Waals surface area (Å²) in [4.78, 5) is 26.8. The van der Waals surface area contributed by atoms with Crippen LogP contribution in [0.15, 0.2) is 94.8 Å². The molecule has 0 radical (unpaired) electrons.